The molecule has 2 rings (SSSR count). The molecule has 2 aromatic heterocycles. The van der Waals surface area contributed by atoms with Crippen molar-refractivity contribution < 1.29 is 0 Å². The zero-order chi connectivity index (χ0) is 12.4. The van der Waals surface area contributed by atoms with E-state index in [1.54, 1.807) is 6.92 Å². The van der Waals surface area contributed by atoms with Gasteiger partial charge in [-0.3, -0.25) is 4.79 Å². The van der Waals surface area contributed by atoms with Crippen molar-refractivity contribution in [1.29, 1.82) is 0 Å². The quantitative estimate of drug-likeness (QED) is 0.927. The van der Waals surface area contributed by atoms with E-state index in [-0.39, 0.29) is 5.56 Å². The van der Waals surface area contributed by atoms with Gasteiger partial charge >= 0.3 is 0 Å². The fourth-order valence-corrected chi connectivity index (χ4v) is 2.71. The van der Waals surface area contributed by atoms with Crippen LogP contribution >= 0.6 is 22.9 Å². The molecule has 3 nitrogen and oxygen atoms in total. The SMILES string of the molecule is CCCc1nc(-c2ccc(Cl)s2)c(C)c(=O)[nH]1. The Morgan fingerprint density at radius 3 is 2.82 bits per heavy atom. The predicted molar refractivity (Wildman–Crippen MR) is 71.9 cm³/mol. The Kier molecular flexibility index (Phi) is 3.64. The molecule has 0 saturated carbocycles. The first-order valence-corrected chi connectivity index (χ1v) is 6.66. The van der Waals surface area contributed by atoms with E-state index < -0.39 is 0 Å². The molecule has 1 N–H and O–H groups in total. The molecule has 0 bridgehead atoms. The molecule has 0 amide bonds. The predicted octanol–water partition coefficient (Wildman–Crippen LogP) is 3.41. The molecular formula is C12H13ClN2OS. The Labute approximate surface area is 108 Å². The van der Waals surface area contributed by atoms with Crippen LogP contribution in [0.5, 0.6) is 0 Å². The van der Waals surface area contributed by atoms with E-state index in [2.05, 4.69) is 16.9 Å². The number of aromatic amines is 1. The number of H-pyrrole nitrogens is 1. The molecule has 2 aromatic rings. The fraction of sp³-hybridized carbons (Fsp3) is 0.333. The van der Waals surface area contributed by atoms with Crippen LogP contribution in [0.15, 0.2) is 16.9 Å². The van der Waals surface area contributed by atoms with Crippen LogP contribution in [-0.4, -0.2) is 9.97 Å². The minimum atomic E-state index is -0.0667. The van der Waals surface area contributed by atoms with Crippen molar-refractivity contribution >= 4 is 22.9 Å². The molecule has 0 aromatic carbocycles. The lowest BCUT2D eigenvalue weighted by molar-refractivity contribution is 0.823. The number of aromatic nitrogens is 2. The first kappa shape index (κ1) is 12.3. The van der Waals surface area contributed by atoms with Gasteiger partial charge in [0.15, 0.2) is 0 Å². The summed E-state index contributed by atoms with van der Waals surface area (Å²) in [4.78, 5) is 20.0. The topological polar surface area (TPSA) is 45.8 Å². The summed E-state index contributed by atoms with van der Waals surface area (Å²) >= 11 is 7.35. The van der Waals surface area contributed by atoms with Crippen molar-refractivity contribution in [2.45, 2.75) is 26.7 Å². The molecule has 0 unspecified atom stereocenters. The van der Waals surface area contributed by atoms with Gasteiger partial charge in [0.1, 0.15) is 5.82 Å². The lowest BCUT2D eigenvalue weighted by Gasteiger charge is -2.05. The smallest absolute Gasteiger partial charge is 0.254 e. The van der Waals surface area contributed by atoms with Gasteiger partial charge in [-0.05, 0) is 25.5 Å². The van der Waals surface area contributed by atoms with Crippen molar-refractivity contribution in [3.05, 3.63) is 38.2 Å². The largest absolute Gasteiger partial charge is 0.310 e. The third kappa shape index (κ3) is 2.58. The van der Waals surface area contributed by atoms with E-state index in [0.717, 1.165) is 29.2 Å². The Balaban J connectivity index is 2.56. The Hall–Kier alpha value is -1.13. The normalized spacial score (nSPS) is 10.8. The van der Waals surface area contributed by atoms with E-state index in [1.807, 2.05) is 12.1 Å². The van der Waals surface area contributed by atoms with Crippen LogP contribution in [0, 0.1) is 6.92 Å². The van der Waals surface area contributed by atoms with Crippen LogP contribution < -0.4 is 5.56 Å². The zero-order valence-electron chi connectivity index (χ0n) is 9.71. The molecule has 0 spiro atoms. The van der Waals surface area contributed by atoms with Gasteiger partial charge in [-0.1, -0.05) is 18.5 Å². The lowest BCUT2D eigenvalue weighted by Crippen LogP contribution is -2.15. The van der Waals surface area contributed by atoms with Crippen LogP contribution in [0.25, 0.3) is 10.6 Å². The summed E-state index contributed by atoms with van der Waals surface area (Å²) in [7, 11) is 0. The molecule has 0 atom stereocenters. The van der Waals surface area contributed by atoms with Crippen molar-refractivity contribution in [1.82, 2.24) is 9.97 Å². The molecule has 17 heavy (non-hydrogen) atoms. The monoisotopic (exact) mass is 268 g/mol. The Bertz CT molecular complexity index is 588. The van der Waals surface area contributed by atoms with Crippen LogP contribution in [0.4, 0.5) is 0 Å². The molecule has 0 fully saturated rings. The fourth-order valence-electron chi connectivity index (χ4n) is 1.62. The molecule has 0 aliphatic heterocycles. The van der Waals surface area contributed by atoms with Crippen molar-refractivity contribution in [3.8, 4) is 10.6 Å². The van der Waals surface area contributed by atoms with Gasteiger partial charge in [-0.25, -0.2) is 4.98 Å². The number of halogens is 1. The van der Waals surface area contributed by atoms with Gasteiger partial charge in [0.05, 0.1) is 14.9 Å². The van der Waals surface area contributed by atoms with Crippen LogP contribution in [0.3, 0.4) is 0 Å². The number of hydrogen-bond acceptors (Lipinski definition) is 3. The highest BCUT2D eigenvalue weighted by Crippen LogP contribution is 2.30. The van der Waals surface area contributed by atoms with Gasteiger partial charge in [-0.2, -0.15) is 0 Å². The second kappa shape index (κ2) is 5.02. The number of nitrogens with one attached hydrogen (secondary N) is 1. The molecular weight excluding hydrogens is 256 g/mol. The van der Waals surface area contributed by atoms with E-state index in [9.17, 15) is 4.79 Å². The van der Waals surface area contributed by atoms with E-state index >= 15 is 0 Å². The maximum Gasteiger partial charge on any atom is 0.254 e. The van der Waals surface area contributed by atoms with Gasteiger partial charge < -0.3 is 4.98 Å². The molecule has 5 heteroatoms. The van der Waals surface area contributed by atoms with Crippen LogP contribution in [0.2, 0.25) is 4.34 Å². The van der Waals surface area contributed by atoms with Gasteiger partial charge in [-0.15, -0.1) is 11.3 Å². The summed E-state index contributed by atoms with van der Waals surface area (Å²) in [5.74, 6) is 0.739. The summed E-state index contributed by atoms with van der Waals surface area (Å²) in [6.45, 7) is 3.84. The molecule has 0 aliphatic carbocycles. The number of hydrogen-bond donors (Lipinski definition) is 1. The zero-order valence-corrected chi connectivity index (χ0v) is 11.3. The number of rotatable bonds is 3. The second-order valence-corrected chi connectivity index (χ2v) is 5.56. The Morgan fingerprint density at radius 2 is 2.24 bits per heavy atom. The number of thiophene rings is 1. The van der Waals surface area contributed by atoms with Gasteiger partial charge in [0, 0.05) is 12.0 Å². The first-order valence-electron chi connectivity index (χ1n) is 5.47. The van der Waals surface area contributed by atoms with E-state index in [1.165, 1.54) is 11.3 Å². The third-order valence-electron chi connectivity index (χ3n) is 2.49. The van der Waals surface area contributed by atoms with Gasteiger partial charge in [0.2, 0.25) is 0 Å². The van der Waals surface area contributed by atoms with Crippen LogP contribution in [0.1, 0.15) is 24.7 Å². The second-order valence-electron chi connectivity index (χ2n) is 3.84. The van der Waals surface area contributed by atoms with E-state index in [0.29, 0.717) is 9.90 Å². The van der Waals surface area contributed by atoms with Gasteiger partial charge in [0.25, 0.3) is 5.56 Å². The molecule has 0 saturated heterocycles. The minimum absolute atomic E-state index is 0.0667. The molecule has 0 aliphatic rings. The average Bonchev–Trinajstić information content (AvgIpc) is 2.70. The average molecular weight is 269 g/mol. The standard InChI is InChI=1S/C12H13ClN2OS/c1-3-4-10-14-11(7(2)12(16)15-10)8-5-6-9(13)17-8/h5-6H,3-4H2,1-2H3,(H,14,15,16). The maximum absolute atomic E-state index is 11.8. The summed E-state index contributed by atoms with van der Waals surface area (Å²) < 4.78 is 0.707. The van der Waals surface area contributed by atoms with Crippen molar-refractivity contribution in [3.63, 3.8) is 0 Å². The first-order chi connectivity index (χ1) is 8.11. The summed E-state index contributed by atoms with van der Waals surface area (Å²) in [6.07, 6.45) is 1.73. The number of nitrogens with zero attached hydrogens (tertiary/aromatic N) is 1. The maximum atomic E-state index is 11.8. The van der Waals surface area contributed by atoms with Crippen molar-refractivity contribution in [2.75, 3.05) is 0 Å². The van der Waals surface area contributed by atoms with E-state index in [4.69, 9.17) is 11.6 Å². The van der Waals surface area contributed by atoms with Crippen LogP contribution in [-0.2, 0) is 6.42 Å². The molecule has 90 valence electrons. The highest BCUT2D eigenvalue weighted by Gasteiger charge is 2.11. The van der Waals surface area contributed by atoms with Crippen molar-refractivity contribution in [2.24, 2.45) is 0 Å². The molecule has 2 heterocycles. The highest BCUT2D eigenvalue weighted by atomic mass is 35.5. The number of aryl methyl sites for hydroxylation is 1. The lowest BCUT2D eigenvalue weighted by atomic mass is 10.2. The minimum Gasteiger partial charge on any atom is -0.310 e. The summed E-state index contributed by atoms with van der Waals surface area (Å²) in [5.41, 5.74) is 1.32. The highest BCUT2D eigenvalue weighted by molar-refractivity contribution is 7.19. The summed E-state index contributed by atoms with van der Waals surface area (Å²) in [5, 5.41) is 0. The summed E-state index contributed by atoms with van der Waals surface area (Å²) in [6, 6.07) is 3.72. The molecule has 0 radical (unpaired) electrons. The Morgan fingerprint density at radius 1 is 1.47 bits per heavy atom. The third-order valence-corrected chi connectivity index (χ3v) is 3.73.